The number of amides is 1. The van der Waals surface area contributed by atoms with Crippen molar-refractivity contribution in [2.24, 2.45) is 0 Å². The molecule has 1 amide bonds. The molecule has 1 atom stereocenters. The fourth-order valence-electron chi connectivity index (χ4n) is 3.26. The van der Waals surface area contributed by atoms with Gasteiger partial charge in [-0.1, -0.05) is 30.7 Å². The van der Waals surface area contributed by atoms with Gasteiger partial charge in [0.05, 0.1) is 18.5 Å². The number of hydrogen-bond donors (Lipinski definition) is 1. The molecule has 164 valence electrons. The van der Waals surface area contributed by atoms with Crippen LogP contribution >= 0.6 is 11.6 Å². The number of hydrogen-bond acceptors (Lipinski definition) is 4. The minimum atomic E-state index is -3.70. The second kappa shape index (κ2) is 10.2. The fraction of sp³-hybridized carbons (Fsp3) is 0.409. The Balaban J connectivity index is 2.09. The molecule has 1 N–H and O–H groups in total. The lowest BCUT2D eigenvalue weighted by Crippen LogP contribution is -2.50. The van der Waals surface area contributed by atoms with E-state index < -0.39 is 16.1 Å². The molecule has 30 heavy (non-hydrogen) atoms. The minimum Gasteiger partial charge on any atom is -0.492 e. The third-order valence-electron chi connectivity index (χ3n) is 4.60. The summed E-state index contributed by atoms with van der Waals surface area (Å²) in [4.78, 5) is 12.8. The van der Waals surface area contributed by atoms with Gasteiger partial charge in [0.2, 0.25) is 15.9 Å². The number of sulfonamides is 1. The van der Waals surface area contributed by atoms with Crippen LogP contribution in [-0.4, -0.2) is 39.8 Å². The smallest absolute Gasteiger partial charge is 0.244 e. The van der Waals surface area contributed by atoms with E-state index in [1.807, 2.05) is 32.9 Å². The van der Waals surface area contributed by atoms with E-state index in [9.17, 15) is 13.2 Å². The molecule has 0 spiro atoms. The summed E-state index contributed by atoms with van der Waals surface area (Å²) in [7, 11) is -3.70. The van der Waals surface area contributed by atoms with Crippen LogP contribution < -0.4 is 14.4 Å². The highest BCUT2D eigenvalue weighted by atomic mass is 35.5. The molecule has 0 aliphatic carbocycles. The van der Waals surface area contributed by atoms with Crippen molar-refractivity contribution >= 4 is 33.2 Å². The Bertz CT molecular complexity index is 988. The van der Waals surface area contributed by atoms with Gasteiger partial charge in [0.15, 0.2) is 0 Å². The summed E-state index contributed by atoms with van der Waals surface area (Å²) in [6.07, 6.45) is 1.39. The van der Waals surface area contributed by atoms with E-state index >= 15 is 0 Å². The van der Waals surface area contributed by atoms with E-state index in [0.29, 0.717) is 17.1 Å². The lowest BCUT2D eigenvalue weighted by molar-refractivity contribution is -0.122. The summed E-state index contributed by atoms with van der Waals surface area (Å²) in [6, 6.07) is 9.97. The predicted molar refractivity (Wildman–Crippen MR) is 122 cm³/mol. The van der Waals surface area contributed by atoms with E-state index in [4.69, 9.17) is 16.3 Å². The van der Waals surface area contributed by atoms with Crippen molar-refractivity contribution < 1.29 is 17.9 Å². The van der Waals surface area contributed by atoms with Gasteiger partial charge in [0.25, 0.3) is 0 Å². The predicted octanol–water partition coefficient (Wildman–Crippen LogP) is 4.01. The zero-order valence-corrected chi connectivity index (χ0v) is 19.6. The number of nitrogens with zero attached hydrogens (tertiary/aromatic N) is 1. The lowest BCUT2D eigenvalue weighted by Gasteiger charge is -2.30. The molecule has 2 rings (SSSR count). The zero-order chi connectivity index (χ0) is 22.5. The Kier molecular flexibility index (Phi) is 8.15. The average Bonchev–Trinajstić information content (AvgIpc) is 2.63. The Morgan fingerprint density at radius 1 is 1.13 bits per heavy atom. The van der Waals surface area contributed by atoms with Crippen molar-refractivity contribution in [2.75, 3.05) is 23.7 Å². The Hall–Kier alpha value is -2.25. The molecule has 6 nitrogen and oxygen atoms in total. The van der Waals surface area contributed by atoms with Crippen LogP contribution in [0, 0.1) is 20.8 Å². The van der Waals surface area contributed by atoms with Crippen molar-refractivity contribution in [3.63, 3.8) is 0 Å². The molecule has 0 heterocycles. The highest BCUT2D eigenvalue weighted by Gasteiger charge is 2.31. The van der Waals surface area contributed by atoms with Crippen LogP contribution in [0.15, 0.2) is 36.4 Å². The summed E-state index contributed by atoms with van der Waals surface area (Å²) in [6.45, 7) is 8.12. The molecule has 0 unspecified atom stereocenters. The molecule has 0 saturated heterocycles. The number of anilines is 1. The van der Waals surface area contributed by atoms with E-state index in [1.54, 1.807) is 25.1 Å². The summed E-state index contributed by atoms with van der Waals surface area (Å²) >= 11 is 6.18. The Morgan fingerprint density at radius 2 is 1.77 bits per heavy atom. The first-order valence-corrected chi connectivity index (χ1v) is 12.0. The molecule has 0 radical (unpaired) electrons. The highest BCUT2D eigenvalue weighted by molar-refractivity contribution is 7.92. The van der Waals surface area contributed by atoms with Crippen molar-refractivity contribution in [3.05, 3.63) is 58.1 Å². The van der Waals surface area contributed by atoms with Gasteiger partial charge in [0.1, 0.15) is 18.4 Å². The number of ether oxygens (including phenoxy) is 1. The van der Waals surface area contributed by atoms with Gasteiger partial charge in [-0.3, -0.25) is 9.10 Å². The number of carbonyl (C=O) groups excluding carboxylic acids is 1. The Morgan fingerprint density at radius 3 is 2.30 bits per heavy atom. The van der Waals surface area contributed by atoms with Gasteiger partial charge in [-0.15, -0.1) is 0 Å². The normalized spacial score (nSPS) is 12.3. The van der Waals surface area contributed by atoms with Gasteiger partial charge >= 0.3 is 0 Å². The van der Waals surface area contributed by atoms with Crippen molar-refractivity contribution in [2.45, 2.75) is 40.2 Å². The first-order chi connectivity index (χ1) is 14.0. The Labute approximate surface area is 184 Å². The van der Waals surface area contributed by atoms with Gasteiger partial charge in [0, 0.05) is 5.02 Å². The summed E-state index contributed by atoms with van der Waals surface area (Å²) < 4.78 is 31.8. The van der Waals surface area contributed by atoms with E-state index in [0.717, 1.165) is 33.0 Å². The molecule has 2 aromatic carbocycles. The standard InChI is InChI=1S/C22H29ClN2O4S/c1-6-21(25(30(5,27)28)18-8-7-17(4)20(23)14-18)22(26)24-9-10-29-19-12-15(2)11-16(3)13-19/h7-8,11-14,21H,6,9-10H2,1-5H3,(H,24,26)/t21-/m0/s1. The van der Waals surface area contributed by atoms with Crippen LogP contribution in [-0.2, 0) is 14.8 Å². The molecule has 0 aliphatic rings. The monoisotopic (exact) mass is 452 g/mol. The van der Waals surface area contributed by atoms with Crippen molar-refractivity contribution in [1.29, 1.82) is 0 Å². The fourth-order valence-corrected chi connectivity index (χ4v) is 4.63. The molecule has 0 saturated carbocycles. The number of nitrogens with one attached hydrogen (secondary N) is 1. The second-order valence-electron chi connectivity index (χ2n) is 7.38. The third kappa shape index (κ3) is 6.37. The summed E-state index contributed by atoms with van der Waals surface area (Å²) in [5, 5.41) is 3.22. The maximum Gasteiger partial charge on any atom is 0.244 e. The first-order valence-electron chi connectivity index (χ1n) is 9.77. The van der Waals surface area contributed by atoms with Gasteiger partial charge in [-0.2, -0.15) is 0 Å². The number of halogens is 1. The van der Waals surface area contributed by atoms with E-state index in [1.165, 1.54) is 0 Å². The van der Waals surface area contributed by atoms with Gasteiger partial charge in [-0.05, 0) is 68.1 Å². The van der Waals surface area contributed by atoms with E-state index in [-0.39, 0.29) is 19.1 Å². The van der Waals surface area contributed by atoms with E-state index in [2.05, 4.69) is 11.4 Å². The maximum atomic E-state index is 12.8. The maximum absolute atomic E-state index is 12.8. The molecular weight excluding hydrogens is 424 g/mol. The quantitative estimate of drug-likeness (QED) is 0.583. The molecule has 0 bridgehead atoms. The van der Waals surface area contributed by atoms with Gasteiger partial charge < -0.3 is 10.1 Å². The first kappa shape index (κ1) is 24.0. The third-order valence-corrected chi connectivity index (χ3v) is 6.19. The molecule has 0 aliphatic heterocycles. The average molecular weight is 453 g/mol. The second-order valence-corrected chi connectivity index (χ2v) is 9.65. The van der Waals surface area contributed by atoms with Crippen molar-refractivity contribution in [1.82, 2.24) is 5.32 Å². The van der Waals surface area contributed by atoms with Gasteiger partial charge in [-0.25, -0.2) is 8.42 Å². The van der Waals surface area contributed by atoms with Crippen LogP contribution in [0.3, 0.4) is 0 Å². The molecular formula is C22H29ClN2O4S. The molecule has 0 aromatic heterocycles. The number of rotatable bonds is 9. The minimum absolute atomic E-state index is 0.259. The number of carbonyl (C=O) groups is 1. The molecule has 8 heteroatoms. The lowest BCUT2D eigenvalue weighted by atomic mass is 10.1. The van der Waals surface area contributed by atoms with Crippen molar-refractivity contribution in [3.8, 4) is 5.75 Å². The molecule has 2 aromatic rings. The number of benzene rings is 2. The summed E-state index contributed by atoms with van der Waals surface area (Å²) in [5.41, 5.74) is 3.39. The largest absolute Gasteiger partial charge is 0.492 e. The summed E-state index contributed by atoms with van der Waals surface area (Å²) in [5.74, 6) is 0.351. The van der Waals surface area contributed by atoms with Crippen LogP contribution in [0.4, 0.5) is 5.69 Å². The molecule has 0 fully saturated rings. The SMILES string of the molecule is CC[C@@H](C(=O)NCCOc1cc(C)cc(C)c1)N(c1ccc(C)c(Cl)c1)S(C)(=O)=O. The van der Waals surface area contributed by atoms with Crippen LogP contribution in [0.25, 0.3) is 0 Å². The van der Waals surface area contributed by atoms with Crippen LogP contribution in [0.5, 0.6) is 5.75 Å². The zero-order valence-electron chi connectivity index (χ0n) is 18.0. The van der Waals surface area contributed by atoms with Crippen LogP contribution in [0.2, 0.25) is 5.02 Å². The van der Waals surface area contributed by atoms with Crippen LogP contribution in [0.1, 0.15) is 30.0 Å². The topological polar surface area (TPSA) is 75.7 Å². The number of aryl methyl sites for hydroxylation is 3. The highest BCUT2D eigenvalue weighted by Crippen LogP contribution is 2.27.